The first-order valence-electron chi connectivity index (χ1n) is 6.45. The number of aromatic nitrogens is 1. The van der Waals surface area contributed by atoms with E-state index in [-0.39, 0.29) is 0 Å². The summed E-state index contributed by atoms with van der Waals surface area (Å²) in [6.07, 6.45) is 2.60. The quantitative estimate of drug-likeness (QED) is 0.815. The molecule has 1 fully saturated rings. The normalized spacial score (nSPS) is 14.5. The number of hydrogen-bond donors (Lipinski definition) is 1. The molecule has 1 aliphatic rings. The zero-order valence-electron chi connectivity index (χ0n) is 10.7. The summed E-state index contributed by atoms with van der Waals surface area (Å²) in [4.78, 5) is 4.56. The highest BCUT2D eigenvalue weighted by molar-refractivity contribution is 9.10. The van der Waals surface area contributed by atoms with E-state index in [0.717, 1.165) is 27.5 Å². The second-order valence-electron chi connectivity index (χ2n) is 4.75. The van der Waals surface area contributed by atoms with Crippen LogP contribution in [-0.4, -0.2) is 11.0 Å². The van der Waals surface area contributed by atoms with Gasteiger partial charge in [0.15, 0.2) is 0 Å². The van der Waals surface area contributed by atoms with E-state index in [9.17, 15) is 0 Å². The number of hydrogen-bond acceptors (Lipinski definition) is 4. The van der Waals surface area contributed by atoms with Crippen LogP contribution in [0.3, 0.4) is 0 Å². The van der Waals surface area contributed by atoms with E-state index < -0.39 is 0 Å². The van der Waals surface area contributed by atoms with Crippen LogP contribution in [0.1, 0.15) is 23.5 Å². The van der Waals surface area contributed by atoms with Gasteiger partial charge in [0, 0.05) is 23.0 Å². The topological polar surface area (TPSA) is 34.1 Å². The van der Waals surface area contributed by atoms with Crippen molar-refractivity contribution >= 4 is 38.9 Å². The fraction of sp³-hybridized carbons (Fsp3) is 0.357. The van der Waals surface area contributed by atoms with E-state index in [1.54, 1.807) is 11.3 Å². The summed E-state index contributed by atoms with van der Waals surface area (Å²) in [7, 11) is 0. The second kappa shape index (κ2) is 6.43. The monoisotopic (exact) mass is 372 g/mol. The van der Waals surface area contributed by atoms with Crippen molar-refractivity contribution in [1.29, 1.82) is 0 Å². The van der Waals surface area contributed by atoms with E-state index in [0.29, 0.717) is 17.7 Å². The number of nitrogens with one attached hydrogen (secondary N) is 1. The zero-order valence-corrected chi connectivity index (χ0v) is 13.9. The van der Waals surface area contributed by atoms with Gasteiger partial charge in [0.05, 0.1) is 10.2 Å². The average molecular weight is 374 g/mol. The van der Waals surface area contributed by atoms with Gasteiger partial charge in [-0.05, 0) is 47.0 Å². The van der Waals surface area contributed by atoms with Crippen LogP contribution in [0.5, 0.6) is 5.75 Å². The van der Waals surface area contributed by atoms with Crippen molar-refractivity contribution in [2.45, 2.75) is 32.0 Å². The van der Waals surface area contributed by atoms with E-state index in [1.807, 2.05) is 23.6 Å². The lowest BCUT2D eigenvalue weighted by molar-refractivity contribution is 0.300. The molecule has 0 spiro atoms. The minimum Gasteiger partial charge on any atom is -0.486 e. The maximum Gasteiger partial charge on any atom is 0.134 e. The molecule has 1 aromatic carbocycles. The lowest BCUT2D eigenvalue weighted by Crippen LogP contribution is -2.15. The molecule has 0 saturated heterocycles. The van der Waals surface area contributed by atoms with Crippen molar-refractivity contribution in [2.75, 3.05) is 0 Å². The Morgan fingerprint density at radius 2 is 2.30 bits per heavy atom. The number of benzene rings is 1. The number of ether oxygens (including phenoxy) is 1. The third kappa shape index (κ3) is 3.95. The Balaban J connectivity index is 1.54. The highest BCUT2D eigenvalue weighted by Gasteiger charge is 2.20. The molecule has 1 N–H and O–H groups in total. The molecule has 3 nitrogen and oxygen atoms in total. The highest BCUT2D eigenvalue weighted by Crippen LogP contribution is 2.28. The summed E-state index contributed by atoms with van der Waals surface area (Å²) >= 11 is 11.0. The number of rotatable bonds is 6. The molecule has 3 rings (SSSR count). The third-order valence-electron chi connectivity index (χ3n) is 2.99. The van der Waals surface area contributed by atoms with Crippen LogP contribution < -0.4 is 10.1 Å². The van der Waals surface area contributed by atoms with Crippen molar-refractivity contribution in [3.63, 3.8) is 0 Å². The summed E-state index contributed by atoms with van der Waals surface area (Å²) in [6.45, 7) is 1.33. The predicted molar refractivity (Wildman–Crippen MR) is 85.5 cm³/mol. The van der Waals surface area contributed by atoms with Crippen molar-refractivity contribution in [3.05, 3.63) is 43.8 Å². The average Bonchev–Trinajstić information content (AvgIpc) is 3.14. The summed E-state index contributed by atoms with van der Waals surface area (Å²) in [6, 6.07) is 6.20. The summed E-state index contributed by atoms with van der Waals surface area (Å²) in [5.41, 5.74) is 0.962. The van der Waals surface area contributed by atoms with E-state index in [1.165, 1.54) is 12.8 Å². The molecule has 6 heteroatoms. The van der Waals surface area contributed by atoms with Crippen molar-refractivity contribution in [2.24, 2.45) is 0 Å². The van der Waals surface area contributed by atoms with Gasteiger partial charge < -0.3 is 10.1 Å². The largest absolute Gasteiger partial charge is 0.486 e. The molecular weight excluding hydrogens is 360 g/mol. The van der Waals surface area contributed by atoms with Crippen molar-refractivity contribution < 1.29 is 4.74 Å². The lowest BCUT2D eigenvalue weighted by Gasteiger charge is -2.06. The van der Waals surface area contributed by atoms with E-state index in [4.69, 9.17) is 16.3 Å². The van der Waals surface area contributed by atoms with Crippen LogP contribution in [-0.2, 0) is 13.2 Å². The van der Waals surface area contributed by atoms with Crippen molar-refractivity contribution in [1.82, 2.24) is 10.3 Å². The summed E-state index contributed by atoms with van der Waals surface area (Å²) < 4.78 is 6.60. The Labute approximate surface area is 135 Å². The molecule has 2 aromatic rings. The van der Waals surface area contributed by atoms with Crippen LogP contribution >= 0.6 is 38.9 Å². The molecule has 106 valence electrons. The molecule has 0 aliphatic heterocycles. The van der Waals surface area contributed by atoms with Gasteiger partial charge in [-0.25, -0.2) is 4.98 Å². The molecule has 0 atom stereocenters. The van der Waals surface area contributed by atoms with Gasteiger partial charge in [0.1, 0.15) is 17.4 Å². The molecule has 1 aliphatic carbocycles. The lowest BCUT2D eigenvalue weighted by atomic mass is 10.3. The fourth-order valence-corrected chi connectivity index (χ4v) is 3.29. The minimum atomic E-state index is 0.472. The maximum absolute atomic E-state index is 5.90. The predicted octanol–water partition coefficient (Wildman–Crippen LogP) is 4.39. The Morgan fingerprint density at radius 3 is 3.05 bits per heavy atom. The number of halogens is 2. The van der Waals surface area contributed by atoms with Crippen LogP contribution in [0.2, 0.25) is 5.02 Å². The Morgan fingerprint density at radius 1 is 1.45 bits per heavy atom. The van der Waals surface area contributed by atoms with Gasteiger partial charge in [0.2, 0.25) is 0 Å². The third-order valence-corrected chi connectivity index (χ3v) is 4.74. The Hall–Kier alpha value is -0.620. The second-order valence-corrected chi connectivity index (χ2v) is 6.98. The first-order chi connectivity index (χ1) is 9.70. The minimum absolute atomic E-state index is 0.472. The number of nitrogens with zero attached hydrogens (tertiary/aromatic N) is 1. The van der Waals surface area contributed by atoms with E-state index in [2.05, 4.69) is 26.2 Å². The molecule has 0 radical (unpaired) electrons. The van der Waals surface area contributed by atoms with Crippen LogP contribution in [0.4, 0.5) is 0 Å². The molecule has 1 saturated carbocycles. The molecule has 0 amide bonds. The molecule has 0 bridgehead atoms. The van der Waals surface area contributed by atoms with Gasteiger partial charge in [-0.3, -0.25) is 0 Å². The van der Waals surface area contributed by atoms with Gasteiger partial charge >= 0.3 is 0 Å². The number of thiazole rings is 1. The molecule has 1 aromatic heterocycles. The molecule has 0 unspecified atom stereocenters. The van der Waals surface area contributed by atoms with Gasteiger partial charge in [-0.2, -0.15) is 0 Å². The van der Waals surface area contributed by atoms with Crippen LogP contribution in [0.15, 0.2) is 28.1 Å². The highest BCUT2D eigenvalue weighted by atomic mass is 79.9. The smallest absolute Gasteiger partial charge is 0.134 e. The maximum atomic E-state index is 5.90. The first-order valence-corrected chi connectivity index (χ1v) is 8.50. The SMILES string of the molecule is Clc1ccc(OCc2csc(CNC3CC3)n2)c(Br)c1. The zero-order chi connectivity index (χ0) is 13.9. The standard InChI is InChI=1S/C14H14BrClN2OS/c15-12-5-9(16)1-4-13(12)19-7-11-8-20-14(18-11)6-17-10-2-3-10/h1,4-5,8,10,17H,2-3,6-7H2. The molecular formula is C14H14BrClN2OS. The van der Waals surface area contributed by atoms with Gasteiger partial charge in [0.25, 0.3) is 0 Å². The van der Waals surface area contributed by atoms with Crippen LogP contribution in [0.25, 0.3) is 0 Å². The Bertz CT molecular complexity index is 601. The molecule has 1 heterocycles. The van der Waals surface area contributed by atoms with E-state index >= 15 is 0 Å². The fourth-order valence-electron chi connectivity index (χ4n) is 1.76. The summed E-state index contributed by atoms with van der Waals surface area (Å²) in [5.74, 6) is 0.778. The van der Waals surface area contributed by atoms with Gasteiger partial charge in [-0.1, -0.05) is 11.6 Å². The molecule has 20 heavy (non-hydrogen) atoms. The van der Waals surface area contributed by atoms with Crippen LogP contribution in [0, 0.1) is 0 Å². The first kappa shape index (κ1) is 14.3. The summed E-state index contributed by atoms with van der Waals surface area (Å²) in [5, 5.41) is 7.31. The van der Waals surface area contributed by atoms with Gasteiger partial charge in [-0.15, -0.1) is 11.3 Å². The van der Waals surface area contributed by atoms with Crippen molar-refractivity contribution in [3.8, 4) is 5.75 Å². The Kier molecular flexibility index (Phi) is 4.61.